The van der Waals surface area contributed by atoms with Crippen LogP contribution in [0.1, 0.15) is 61.4 Å². The minimum Gasteiger partial charge on any atom is -0.355 e. The number of urea groups is 1. The first kappa shape index (κ1) is 21.3. The molecule has 8 nitrogen and oxygen atoms in total. The number of carbonyl (C=O) groups excluding carboxylic acids is 4. The minimum absolute atomic E-state index is 0.0659. The van der Waals surface area contributed by atoms with Gasteiger partial charge in [0.15, 0.2) is 0 Å². The van der Waals surface area contributed by atoms with E-state index >= 15 is 0 Å². The fourth-order valence-corrected chi connectivity index (χ4v) is 4.77. The van der Waals surface area contributed by atoms with Gasteiger partial charge in [0.25, 0.3) is 11.8 Å². The van der Waals surface area contributed by atoms with Crippen molar-refractivity contribution in [3.05, 3.63) is 35.4 Å². The number of nitrogens with one attached hydrogen (secondary N) is 2. The Morgan fingerprint density at radius 2 is 1.87 bits per heavy atom. The second-order valence-corrected chi connectivity index (χ2v) is 8.97. The Hall–Kier alpha value is -2.90. The highest BCUT2D eigenvalue weighted by molar-refractivity contribution is 6.09. The van der Waals surface area contributed by atoms with Gasteiger partial charge in [0.2, 0.25) is 5.91 Å². The quantitative estimate of drug-likeness (QED) is 0.680. The van der Waals surface area contributed by atoms with Crippen molar-refractivity contribution < 1.29 is 19.2 Å². The summed E-state index contributed by atoms with van der Waals surface area (Å²) in [5.41, 5.74) is 0.611. The van der Waals surface area contributed by atoms with E-state index in [9.17, 15) is 19.2 Å². The van der Waals surface area contributed by atoms with Crippen LogP contribution >= 0.6 is 0 Å². The maximum Gasteiger partial charge on any atom is 0.325 e. The molecule has 2 saturated carbocycles. The number of rotatable bonds is 6. The summed E-state index contributed by atoms with van der Waals surface area (Å²) in [5.74, 6) is -0.576. The molecule has 8 heteroatoms. The molecule has 1 heterocycles. The largest absolute Gasteiger partial charge is 0.355 e. The zero-order chi connectivity index (χ0) is 22.2. The smallest absolute Gasteiger partial charge is 0.325 e. The van der Waals surface area contributed by atoms with Crippen LogP contribution in [0.2, 0.25) is 0 Å². The van der Waals surface area contributed by atoms with Crippen LogP contribution < -0.4 is 10.6 Å². The van der Waals surface area contributed by atoms with Gasteiger partial charge in [0, 0.05) is 25.2 Å². The van der Waals surface area contributed by atoms with Gasteiger partial charge in [-0.25, -0.2) is 4.79 Å². The van der Waals surface area contributed by atoms with Gasteiger partial charge in [-0.3, -0.25) is 19.3 Å². The van der Waals surface area contributed by atoms with Crippen molar-refractivity contribution in [2.24, 2.45) is 5.92 Å². The Labute approximate surface area is 182 Å². The summed E-state index contributed by atoms with van der Waals surface area (Å²) >= 11 is 0. The summed E-state index contributed by atoms with van der Waals surface area (Å²) in [6, 6.07) is 6.80. The number of hydrogen-bond donors (Lipinski definition) is 2. The van der Waals surface area contributed by atoms with Crippen molar-refractivity contribution in [2.45, 2.75) is 63.6 Å². The van der Waals surface area contributed by atoms with Crippen molar-refractivity contribution in [1.82, 2.24) is 20.4 Å². The molecule has 2 atom stereocenters. The van der Waals surface area contributed by atoms with Gasteiger partial charge in [-0.2, -0.15) is 0 Å². The maximum atomic E-state index is 13.2. The van der Waals surface area contributed by atoms with E-state index in [0.717, 1.165) is 42.6 Å². The van der Waals surface area contributed by atoms with E-state index in [-0.39, 0.29) is 36.2 Å². The standard InChI is InChI=1S/C23H30N4O4/c1-15-5-3-4-12-23(15)21(30)27(22(31)25-23)14-19(28)26(18-10-11-18)13-16-6-8-17(9-7-16)20(29)24-2/h6-9,15,18H,3-5,10-14H2,1-2H3,(H,24,29)(H,25,31)/t15-,23+/m0/s1. The third-order valence-electron chi connectivity index (χ3n) is 6.90. The van der Waals surface area contributed by atoms with Crippen LogP contribution in [0.15, 0.2) is 24.3 Å². The summed E-state index contributed by atoms with van der Waals surface area (Å²) in [6.07, 6.45) is 5.32. The van der Waals surface area contributed by atoms with E-state index < -0.39 is 11.6 Å². The van der Waals surface area contributed by atoms with Gasteiger partial charge in [0.1, 0.15) is 12.1 Å². The lowest BCUT2D eigenvalue weighted by Gasteiger charge is -2.36. The first-order chi connectivity index (χ1) is 14.9. The second-order valence-electron chi connectivity index (χ2n) is 8.97. The van der Waals surface area contributed by atoms with E-state index in [1.165, 1.54) is 0 Å². The molecule has 0 bridgehead atoms. The molecule has 3 fully saturated rings. The Bertz CT molecular complexity index is 895. The van der Waals surface area contributed by atoms with Crippen molar-refractivity contribution in [3.63, 3.8) is 0 Å². The Kier molecular flexibility index (Phi) is 5.73. The van der Waals surface area contributed by atoms with Gasteiger partial charge in [-0.05, 0) is 49.3 Å². The van der Waals surface area contributed by atoms with Gasteiger partial charge in [0.05, 0.1) is 0 Å². The van der Waals surface area contributed by atoms with Crippen molar-refractivity contribution in [3.8, 4) is 0 Å². The Balaban J connectivity index is 1.45. The van der Waals surface area contributed by atoms with E-state index in [0.29, 0.717) is 18.5 Å². The Morgan fingerprint density at radius 1 is 1.16 bits per heavy atom. The molecule has 0 unspecified atom stereocenters. The SMILES string of the molecule is CNC(=O)c1ccc(CN(C(=O)CN2C(=O)N[C@@]3(CCCC[C@@H]3C)C2=O)C2CC2)cc1. The molecule has 3 aliphatic rings. The highest BCUT2D eigenvalue weighted by Crippen LogP contribution is 2.38. The van der Waals surface area contributed by atoms with E-state index in [4.69, 9.17) is 0 Å². The van der Waals surface area contributed by atoms with Crippen LogP contribution in [0.5, 0.6) is 0 Å². The van der Waals surface area contributed by atoms with Crippen molar-refractivity contribution in [2.75, 3.05) is 13.6 Å². The molecule has 1 spiro atoms. The molecule has 2 aliphatic carbocycles. The topological polar surface area (TPSA) is 98.8 Å². The number of amides is 5. The number of carbonyl (C=O) groups is 4. The van der Waals surface area contributed by atoms with E-state index in [2.05, 4.69) is 10.6 Å². The molecule has 4 rings (SSSR count). The lowest BCUT2D eigenvalue weighted by molar-refractivity contribution is -0.141. The predicted octanol–water partition coefficient (Wildman–Crippen LogP) is 2.04. The van der Waals surface area contributed by atoms with Crippen LogP contribution in [-0.4, -0.2) is 58.7 Å². The molecule has 1 aromatic rings. The second kappa shape index (κ2) is 8.32. The average Bonchev–Trinajstić information content (AvgIpc) is 3.58. The van der Waals surface area contributed by atoms with E-state index in [1.807, 2.05) is 19.1 Å². The fourth-order valence-electron chi connectivity index (χ4n) is 4.77. The molecule has 166 valence electrons. The van der Waals surface area contributed by atoms with Gasteiger partial charge in [-0.1, -0.05) is 31.9 Å². The number of imide groups is 1. The van der Waals surface area contributed by atoms with Crippen LogP contribution in [0.4, 0.5) is 4.79 Å². The molecular weight excluding hydrogens is 396 g/mol. The molecule has 0 aromatic heterocycles. The summed E-state index contributed by atoms with van der Waals surface area (Å²) < 4.78 is 0. The van der Waals surface area contributed by atoms with Crippen molar-refractivity contribution >= 4 is 23.8 Å². The highest BCUT2D eigenvalue weighted by Gasteiger charge is 2.55. The minimum atomic E-state index is -0.851. The average molecular weight is 427 g/mol. The Morgan fingerprint density at radius 3 is 2.48 bits per heavy atom. The normalized spacial score (nSPS) is 25.5. The first-order valence-electron chi connectivity index (χ1n) is 11.1. The third kappa shape index (κ3) is 4.03. The number of benzene rings is 1. The number of hydrogen-bond acceptors (Lipinski definition) is 4. The molecule has 1 saturated heterocycles. The summed E-state index contributed by atoms with van der Waals surface area (Å²) in [5, 5.41) is 5.49. The summed E-state index contributed by atoms with van der Waals surface area (Å²) in [7, 11) is 1.58. The summed E-state index contributed by atoms with van der Waals surface area (Å²) in [4.78, 5) is 53.5. The zero-order valence-electron chi connectivity index (χ0n) is 18.1. The first-order valence-corrected chi connectivity index (χ1v) is 11.1. The highest BCUT2D eigenvalue weighted by atomic mass is 16.2. The number of nitrogens with zero attached hydrogens (tertiary/aromatic N) is 2. The summed E-state index contributed by atoms with van der Waals surface area (Å²) in [6.45, 7) is 2.16. The van der Waals surface area contributed by atoms with E-state index in [1.54, 1.807) is 24.1 Å². The molecule has 1 aromatic carbocycles. The third-order valence-corrected chi connectivity index (χ3v) is 6.90. The lowest BCUT2D eigenvalue weighted by Crippen LogP contribution is -2.54. The van der Waals surface area contributed by atoms with Crippen LogP contribution in [0.25, 0.3) is 0 Å². The molecular formula is C23H30N4O4. The molecule has 0 radical (unpaired) electrons. The predicted molar refractivity (Wildman–Crippen MR) is 114 cm³/mol. The van der Waals surface area contributed by atoms with Gasteiger partial charge in [-0.15, -0.1) is 0 Å². The van der Waals surface area contributed by atoms with Crippen molar-refractivity contribution in [1.29, 1.82) is 0 Å². The monoisotopic (exact) mass is 426 g/mol. The molecule has 1 aliphatic heterocycles. The molecule has 5 amide bonds. The molecule has 31 heavy (non-hydrogen) atoms. The van der Waals surface area contributed by atoms with Crippen LogP contribution in [0, 0.1) is 5.92 Å². The van der Waals surface area contributed by atoms with Crippen LogP contribution in [0.3, 0.4) is 0 Å². The zero-order valence-corrected chi connectivity index (χ0v) is 18.1. The van der Waals surface area contributed by atoms with Crippen LogP contribution in [-0.2, 0) is 16.1 Å². The maximum absolute atomic E-state index is 13.2. The fraction of sp³-hybridized carbons (Fsp3) is 0.565. The van der Waals surface area contributed by atoms with Gasteiger partial charge < -0.3 is 15.5 Å². The lowest BCUT2D eigenvalue weighted by atomic mass is 9.73. The van der Waals surface area contributed by atoms with Gasteiger partial charge >= 0.3 is 6.03 Å². The molecule has 2 N–H and O–H groups in total.